The molecule has 0 amide bonds. The van der Waals surface area contributed by atoms with Crippen LogP contribution in [-0.2, 0) is 0 Å². The first-order valence-corrected chi connectivity index (χ1v) is 4.95. The van der Waals surface area contributed by atoms with Gasteiger partial charge in [-0.15, -0.1) is 5.10 Å². The first-order valence-electron chi connectivity index (χ1n) is 4.20. The van der Waals surface area contributed by atoms with E-state index in [-0.39, 0.29) is 6.10 Å². The monoisotopic (exact) mass is 235 g/mol. The smallest absolute Gasteiger partial charge is 0.169 e. The first kappa shape index (κ1) is 11.5. The third-order valence-corrected chi connectivity index (χ3v) is 2.37. The maximum atomic E-state index is 9.02. The van der Waals surface area contributed by atoms with Crippen LogP contribution in [0.3, 0.4) is 0 Å². The number of aliphatic hydroxyl groups excluding tert-OH is 1. The predicted octanol–water partition coefficient (Wildman–Crippen LogP) is 1.97. The quantitative estimate of drug-likeness (QED) is 0.838. The Morgan fingerprint density at radius 2 is 2.29 bits per heavy atom. The molecular weight excluding hydrogens is 225 g/mol. The highest BCUT2D eigenvalue weighted by Gasteiger charge is 2.06. The Hall–Kier alpha value is -0.580. The van der Waals surface area contributed by atoms with Gasteiger partial charge in [0.15, 0.2) is 5.82 Å². The number of anilines is 1. The van der Waals surface area contributed by atoms with Gasteiger partial charge < -0.3 is 10.4 Å². The lowest BCUT2D eigenvalue weighted by Gasteiger charge is -2.07. The summed E-state index contributed by atoms with van der Waals surface area (Å²) in [6.45, 7) is 2.29. The second-order valence-corrected chi connectivity index (χ2v) is 3.70. The van der Waals surface area contributed by atoms with Gasteiger partial charge in [-0.05, 0) is 13.3 Å². The SMILES string of the molecule is CC(O)CCNc1nncc(Cl)c1Cl. The second-order valence-electron chi connectivity index (χ2n) is 2.92. The summed E-state index contributed by atoms with van der Waals surface area (Å²) in [7, 11) is 0. The minimum Gasteiger partial charge on any atom is -0.393 e. The van der Waals surface area contributed by atoms with Crippen LogP contribution in [0.1, 0.15) is 13.3 Å². The number of hydrogen-bond donors (Lipinski definition) is 2. The van der Waals surface area contributed by atoms with Crippen molar-refractivity contribution >= 4 is 29.0 Å². The topological polar surface area (TPSA) is 58.0 Å². The van der Waals surface area contributed by atoms with Gasteiger partial charge in [0, 0.05) is 6.54 Å². The molecular formula is C8H11Cl2N3O. The lowest BCUT2D eigenvalue weighted by molar-refractivity contribution is 0.188. The Bertz CT molecular complexity index is 307. The zero-order valence-corrected chi connectivity index (χ0v) is 9.18. The van der Waals surface area contributed by atoms with Gasteiger partial charge in [0.2, 0.25) is 0 Å². The molecule has 0 radical (unpaired) electrons. The molecule has 0 fully saturated rings. The van der Waals surface area contributed by atoms with Crippen molar-refractivity contribution in [3.8, 4) is 0 Å². The first-order chi connectivity index (χ1) is 6.61. The van der Waals surface area contributed by atoms with Gasteiger partial charge in [-0.25, -0.2) is 0 Å². The Morgan fingerprint density at radius 3 is 2.93 bits per heavy atom. The van der Waals surface area contributed by atoms with Gasteiger partial charge in [0.05, 0.1) is 17.3 Å². The van der Waals surface area contributed by atoms with Crippen molar-refractivity contribution in [2.45, 2.75) is 19.4 Å². The largest absolute Gasteiger partial charge is 0.393 e. The fourth-order valence-electron chi connectivity index (χ4n) is 0.863. The van der Waals surface area contributed by atoms with Crippen LogP contribution >= 0.6 is 23.2 Å². The molecule has 1 aromatic heterocycles. The van der Waals surface area contributed by atoms with Crippen LogP contribution in [0.4, 0.5) is 5.82 Å². The summed E-state index contributed by atoms with van der Waals surface area (Å²) in [5, 5.41) is 20.1. The molecule has 0 saturated heterocycles. The molecule has 0 aliphatic heterocycles. The summed E-state index contributed by atoms with van der Waals surface area (Å²) in [6, 6.07) is 0. The van der Waals surface area contributed by atoms with Crippen LogP contribution in [-0.4, -0.2) is 28.0 Å². The standard InChI is InChI=1S/C8H11Cl2N3O/c1-5(14)2-3-11-8-7(10)6(9)4-12-13-8/h4-5,14H,2-3H2,1H3,(H,11,13). The average molecular weight is 236 g/mol. The molecule has 1 heterocycles. The van der Waals surface area contributed by atoms with E-state index in [1.165, 1.54) is 6.20 Å². The van der Waals surface area contributed by atoms with Crippen LogP contribution < -0.4 is 5.32 Å². The normalized spacial score (nSPS) is 12.6. The van der Waals surface area contributed by atoms with Crippen LogP contribution in [0.25, 0.3) is 0 Å². The van der Waals surface area contributed by atoms with E-state index >= 15 is 0 Å². The van der Waals surface area contributed by atoms with Crippen molar-refractivity contribution in [3.05, 3.63) is 16.2 Å². The number of hydrogen-bond acceptors (Lipinski definition) is 4. The molecule has 1 unspecified atom stereocenters. The van der Waals surface area contributed by atoms with Crippen molar-refractivity contribution in [2.24, 2.45) is 0 Å². The molecule has 2 N–H and O–H groups in total. The van der Waals surface area contributed by atoms with Crippen molar-refractivity contribution < 1.29 is 5.11 Å². The van der Waals surface area contributed by atoms with Crippen molar-refractivity contribution in [3.63, 3.8) is 0 Å². The Balaban J connectivity index is 2.54. The van der Waals surface area contributed by atoms with Crippen molar-refractivity contribution in [1.82, 2.24) is 10.2 Å². The number of nitrogens with one attached hydrogen (secondary N) is 1. The second kappa shape index (κ2) is 5.34. The fraction of sp³-hybridized carbons (Fsp3) is 0.500. The highest BCUT2D eigenvalue weighted by molar-refractivity contribution is 6.43. The maximum absolute atomic E-state index is 9.02. The van der Waals surface area contributed by atoms with E-state index in [2.05, 4.69) is 15.5 Å². The lowest BCUT2D eigenvalue weighted by Crippen LogP contribution is -2.11. The summed E-state index contributed by atoms with van der Waals surface area (Å²) < 4.78 is 0. The molecule has 1 atom stereocenters. The fourth-order valence-corrected chi connectivity index (χ4v) is 1.15. The third kappa shape index (κ3) is 3.29. The van der Waals surface area contributed by atoms with E-state index in [0.29, 0.717) is 28.8 Å². The van der Waals surface area contributed by atoms with Crippen molar-refractivity contribution in [1.29, 1.82) is 0 Å². The zero-order valence-electron chi connectivity index (χ0n) is 7.67. The van der Waals surface area contributed by atoms with Gasteiger partial charge in [-0.2, -0.15) is 5.10 Å². The maximum Gasteiger partial charge on any atom is 0.169 e. The molecule has 0 aliphatic rings. The molecule has 1 rings (SSSR count). The van der Waals surface area contributed by atoms with E-state index in [4.69, 9.17) is 28.3 Å². The van der Waals surface area contributed by atoms with Crippen molar-refractivity contribution in [2.75, 3.05) is 11.9 Å². The summed E-state index contributed by atoms with van der Waals surface area (Å²) in [5.74, 6) is 0.444. The number of halogens is 2. The minimum atomic E-state index is -0.353. The Labute approximate surface area is 92.2 Å². The number of rotatable bonds is 4. The van der Waals surface area contributed by atoms with Crippen LogP contribution in [0.5, 0.6) is 0 Å². The van der Waals surface area contributed by atoms with Crippen LogP contribution in [0.2, 0.25) is 10.0 Å². The molecule has 78 valence electrons. The van der Waals surface area contributed by atoms with Crippen LogP contribution in [0, 0.1) is 0 Å². The van der Waals surface area contributed by atoms with E-state index in [0.717, 1.165) is 0 Å². The highest BCUT2D eigenvalue weighted by atomic mass is 35.5. The number of nitrogens with zero attached hydrogens (tertiary/aromatic N) is 2. The third-order valence-electron chi connectivity index (χ3n) is 1.60. The Morgan fingerprint density at radius 1 is 1.57 bits per heavy atom. The zero-order chi connectivity index (χ0) is 10.6. The summed E-state index contributed by atoms with van der Waals surface area (Å²) in [4.78, 5) is 0. The van der Waals surface area contributed by atoms with E-state index in [1.54, 1.807) is 6.92 Å². The highest BCUT2D eigenvalue weighted by Crippen LogP contribution is 2.26. The van der Waals surface area contributed by atoms with Gasteiger partial charge in [0.1, 0.15) is 5.02 Å². The molecule has 0 aromatic carbocycles. The number of aromatic nitrogens is 2. The molecule has 14 heavy (non-hydrogen) atoms. The van der Waals surface area contributed by atoms with E-state index in [1.807, 2.05) is 0 Å². The van der Waals surface area contributed by atoms with Gasteiger partial charge in [-0.1, -0.05) is 23.2 Å². The summed E-state index contributed by atoms with van der Waals surface area (Å²) in [5.41, 5.74) is 0. The Kier molecular flexibility index (Phi) is 4.38. The van der Waals surface area contributed by atoms with Gasteiger partial charge in [0.25, 0.3) is 0 Å². The predicted molar refractivity (Wildman–Crippen MR) is 56.8 cm³/mol. The molecule has 0 spiro atoms. The minimum absolute atomic E-state index is 0.353. The molecule has 0 bridgehead atoms. The molecule has 0 saturated carbocycles. The molecule has 1 aromatic rings. The van der Waals surface area contributed by atoms with Crippen LogP contribution in [0.15, 0.2) is 6.20 Å². The summed E-state index contributed by atoms with van der Waals surface area (Å²) in [6.07, 6.45) is 1.64. The average Bonchev–Trinajstić information content (AvgIpc) is 2.12. The van der Waals surface area contributed by atoms with E-state index < -0.39 is 0 Å². The lowest BCUT2D eigenvalue weighted by atomic mass is 10.3. The molecule has 4 nitrogen and oxygen atoms in total. The molecule has 6 heteroatoms. The van der Waals surface area contributed by atoms with Gasteiger partial charge >= 0.3 is 0 Å². The van der Waals surface area contributed by atoms with E-state index in [9.17, 15) is 0 Å². The number of aliphatic hydroxyl groups is 1. The van der Waals surface area contributed by atoms with Gasteiger partial charge in [-0.3, -0.25) is 0 Å². The summed E-state index contributed by atoms with van der Waals surface area (Å²) >= 11 is 11.6. The molecule has 0 aliphatic carbocycles.